The van der Waals surface area contributed by atoms with E-state index in [0.717, 1.165) is 0 Å². The Bertz CT molecular complexity index is 671. The van der Waals surface area contributed by atoms with E-state index in [1.165, 1.54) is 19.1 Å². The first-order valence-corrected chi connectivity index (χ1v) is 7.01. The van der Waals surface area contributed by atoms with Crippen LogP contribution in [0.25, 0.3) is 0 Å². The van der Waals surface area contributed by atoms with Crippen LogP contribution in [0.5, 0.6) is 0 Å². The van der Waals surface area contributed by atoms with Crippen LogP contribution in [0.3, 0.4) is 0 Å². The maximum absolute atomic E-state index is 13.9. The molecule has 0 bridgehead atoms. The van der Waals surface area contributed by atoms with E-state index in [4.69, 9.17) is 9.26 Å². The smallest absolute Gasteiger partial charge is 0.360 e. The first kappa shape index (κ1) is 15.7. The van der Waals surface area contributed by atoms with Gasteiger partial charge in [0, 0.05) is 10.0 Å². The highest BCUT2D eigenvalue weighted by atomic mass is 79.9. The molecule has 0 fully saturated rings. The highest BCUT2D eigenvalue weighted by molar-refractivity contribution is 9.10. The van der Waals surface area contributed by atoms with Crippen LogP contribution in [0, 0.1) is 12.7 Å². The second-order valence-corrected chi connectivity index (χ2v) is 5.21. The van der Waals surface area contributed by atoms with Crippen LogP contribution in [0.1, 0.15) is 40.4 Å². The molecule has 0 amide bonds. The number of nitrogens with zero attached hydrogens (tertiary/aromatic N) is 1. The minimum absolute atomic E-state index is 0.0232. The summed E-state index contributed by atoms with van der Waals surface area (Å²) >= 11 is 3.14. The number of hydrogen-bond donors (Lipinski definition) is 1. The topological polar surface area (TPSA) is 72.6 Å². The van der Waals surface area contributed by atoms with Crippen LogP contribution in [0.2, 0.25) is 0 Å². The highest BCUT2D eigenvalue weighted by Gasteiger charge is 2.28. The number of hydrogen-bond acceptors (Lipinski definition) is 5. The second-order valence-electron chi connectivity index (χ2n) is 4.29. The van der Waals surface area contributed by atoms with Crippen molar-refractivity contribution < 1.29 is 23.6 Å². The van der Waals surface area contributed by atoms with E-state index in [0.29, 0.717) is 4.47 Å². The summed E-state index contributed by atoms with van der Waals surface area (Å²) in [6.45, 7) is 3.34. The summed E-state index contributed by atoms with van der Waals surface area (Å²) in [6.07, 6.45) is -1.37. The van der Waals surface area contributed by atoms with Gasteiger partial charge in [-0.15, -0.1) is 0 Å². The predicted molar refractivity (Wildman–Crippen MR) is 75.4 cm³/mol. The Kier molecular flexibility index (Phi) is 4.74. The number of ether oxygens (including phenoxy) is 1. The van der Waals surface area contributed by atoms with Gasteiger partial charge in [-0.25, -0.2) is 9.18 Å². The molecule has 21 heavy (non-hydrogen) atoms. The van der Waals surface area contributed by atoms with Gasteiger partial charge in [0.1, 0.15) is 17.7 Å². The molecule has 0 aliphatic carbocycles. The van der Waals surface area contributed by atoms with Crippen LogP contribution >= 0.6 is 15.9 Å². The van der Waals surface area contributed by atoms with E-state index in [-0.39, 0.29) is 29.2 Å². The van der Waals surface area contributed by atoms with Crippen LogP contribution in [0.15, 0.2) is 27.2 Å². The molecule has 1 unspecified atom stereocenters. The van der Waals surface area contributed by atoms with Crippen LogP contribution in [-0.2, 0) is 4.74 Å². The van der Waals surface area contributed by atoms with Gasteiger partial charge in [0.2, 0.25) is 0 Å². The Morgan fingerprint density at radius 1 is 1.57 bits per heavy atom. The normalized spacial score (nSPS) is 12.2. The van der Waals surface area contributed by atoms with Crippen LogP contribution < -0.4 is 0 Å². The van der Waals surface area contributed by atoms with Crippen molar-refractivity contribution in [1.82, 2.24) is 5.16 Å². The summed E-state index contributed by atoms with van der Waals surface area (Å²) in [6, 6.07) is 4.24. The van der Waals surface area contributed by atoms with Gasteiger partial charge in [0.15, 0.2) is 5.69 Å². The Balaban J connectivity index is 2.45. The zero-order chi connectivity index (χ0) is 15.6. The number of aliphatic hydroxyl groups excluding tert-OH is 1. The Labute approximate surface area is 128 Å². The molecule has 0 saturated heterocycles. The van der Waals surface area contributed by atoms with Crippen molar-refractivity contribution >= 4 is 21.9 Å². The lowest BCUT2D eigenvalue weighted by Gasteiger charge is -2.12. The lowest BCUT2D eigenvalue weighted by atomic mass is 9.99. The molecule has 5 nitrogen and oxygen atoms in total. The number of aryl methyl sites for hydroxylation is 1. The van der Waals surface area contributed by atoms with Crippen molar-refractivity contribution in [3.05, 3.63) is 51.1 Å². The fourth-order valence-electron chi connectivity index (χ4n) is 1.93. The maximum Gasteiger partial charge on any atom is 0.360 e. The fraction of sp³-hybridized carbons (Fsp3) is 0.286. The van der Waals surface area contributed by atoms with Crippen molar-refractivity contribution in [2.45, 2.75) is 20.0 Å². The molecule has 1 heterocycles. The van der Waals surface area contributed by atoms with Gasteiger partial charge in [-0.3, -0.25) is 0 Å². The standard InChI is InChI=1S/C14H13BrFNO4/c1-3-20-14(19)12-11(7(2)21-17-12)13(18)9-5-4-8(15)6-10(9)16/h4-6,13,18H,3H2,1-2H3. The molecule has 112 valence electrons. The molecule has 1 aromatic heterocycles. The lowest BCUT2D eigenvalue weighted by Crippen LogP contribution is -2.12. The fourth-order valence-corrected chi connectivity index (χ4v) is 2.26. The molecule has 2 rings (SSSR count). The number of carbonyl (C=O) groups is 1. The van der Waals surface area contributed by atoms with Gasteiger partial charge in [-0.05, 0) is 26.0 Å². The number of esters is 1. The van der Waals surface area contributed by atoms with Gasteiger partial charge in [-0.2, -0.15) is 0 Å². The SMILES string of the molecule is CCOC(=O)c1noc(C)c1C(O)c1ccc(Br)cc1F. The molecule has 2 aromatic rings. The summed E-state index contributed by atoms with van der Waals surface area (Å²) in [5, 5.41) is 14.0. The average molecular weight is 358 g/mol. The van der Waals surface area contributed by atoms with Crippen molar-refractivity contribution in [3.8, 4) is 0 Å². The summed E-state index contributed by atoms with van der Waals surface area (Å²) in [5.41, 5.74) is -0.0195. The van der Waals surface area contributed by atoms with Gasteiger partial charge in [0.05, 0.1) is 12.2 Å². The first-order chi connectivity index (χ1) is 9.95. The summed E-state index contributed by atoms with van der Waals surface area (Å²) in [7, 11) is 0. The Hall–Kier alpha value is -1.73. The summed E-state index contributed by atoms with van der Waals surface area (Å²) < 4.78 is 24.3. The molecule has 0 saturated carbocycles. The van der Waals surface area contributed by atoms with E-state index >= 15 is 0 Å². The highest BCUT2D eigenvalue weighted by Crippen LogP contribution is 2.31. The van der Waals surface area contributed by atoms with Crippen molar-refractivity contribution in [2.75, 3.05) is 6.61 Å². The maximum atomic E-state index is 13.9. The molecular weight excluding hydrogens is 345 g/mol. The molecule has 0 spiro atoms. The van der Waals surface area contributed by atoms with Gasteiger partial charge in [-0.1, -0.05) is 27.2 Å². The summed E-state index contributed by atoms with van der Waals surface area (Å²) in [4.78, 5) is 11.8. The van der Waals surface area contributed by atoms with Crippen LogP contribution in [0.4, 0.5) is 4.39 Å². The third-order valence-corrected chi connectivity index (χ3v) is 3.40. The minimum atomic E-state index is -1.37. The van der Waals surface area contributed by atoms with E-state index in [9.17, 15) is 14.3 Å². The molecule has 0 aliphatic heterocycles. The monoisotopic (exact) mass is 357 g/mol. The number of aliphatic hydroxyl groups is 1. The second kappa shape index (κ2) is 6.36. The Morgan fingerprint density at radius 2 is 2.29 bits per heavy atom. The largest absolute Gasteiger partial charge is 0.461 e. The number of halogens is 2. The third kappa shape index (κ3) is 3.14. The average Bonchev–Trinajstić information content (AvgIpc) is 2.80. The van der Waals surface area contributed by atoms with E-state index in [2.05, 4.69) is 21.1 Å². The lowest BCUT2D eigenvalue weighted by molar-refractivity contribution is 0.0509. The molecule has 1 N–H and O–H groups in total. The van der Waals surface area contributed by atoms with Gasteiger partial charge < -0.3 is 14.4 Å². The zero-order valence-corrected chi connectivity index (χ0v) is 13.0. The molecule has 1 aromatic carbocycles. The third-order valence-electron chi connectivity index (χ3n) is 2.91. The number of benzene rings is 1. The van der Waals surface area contributed by atoms with Crippen molar-refractivity contribution in [3.63, 3.8) is 0 Å². The van der Waals surface area contributed by atoms with Crippen molar-refractivity contribution in [1.29, 1.82) is 0 Å². The quantitative estimate of drug-likeness (QED) is 0.851. The molecule has 1 atom stereocenters. The zero-order valence-electron chi connectivity index (χ0n) is 11.4. The number of carbonyl (C=O) groups excluding carboxylic acids is 1. The minimum Gasteiger partial charge on any atom is -0.461 e. The molecule has 0 aliphatic rings. The van der Waals surface area contributed by atoms with E-state index < -0.39 is 17.9 Å². The predicted octanol–water partition coefficient (Wildman–Crippen LogP) is 3.14. The molecule has 7 heteroatoms. The molecule has 0 radical (unpaired) electrons. The number of rotatable bonds is 4. The van der Waals surface area contributed by atoms with Crippen molar-refractivity contribution in [2.24, 2.45) is 0 Å². The van der Waals surface area contributed by atoms with Crippen LogP contribution in [-0.4, -0.2) is 22.8 Å². The first-order valence-electron chi connectivity index (χ1n) is 6.22. The van der Waals surface area contributed by atoms with Gasteiger partial charge >= 0.3 is 5.97 Å². The number of aromatic nitrogens is 1. The summed E-state index contributed by atoms with van der Waals surface area (Å²) in [5.74, 6) is -1.10. The van der Waals surface area contributed by atoms with Gasteiger partial charge in [0.25, 0.3) is 0 Å². The van der Waals surface area contributed by atoms with E-state index in [1.807, 2.05) is 0 Å². The van der Waals surface area contributed by atoms with E-state index in [1.54, 1.807) is 13.0 Å². The molecular formula is C14H13BrFNO4. The Morgan fingerprint density at radius 3 is 2.90 bits per heavy atom.